The van der Waals surface area contributed by atoms with Gasteiger partial charge in [0.25, 0.3) is 0 Å². The molecule has 1 N–H and O–H groups in total. The van der Waals surface area contributed by atoms with E-state index in [1.54, 1.807) is 33.1 Å². The topological polar surface area (TPSA) is 68.3 Å². The van der Waals surface area contributed by atoms with Crippen molar-refractivity contribution >= 4 is 23.4 Å². The number of aromatic nitrogens is 1. The Morgan fingerprint density at radius 3 is 2.59 bits per heavy atom. The maximum atomic E-state index is 11.8. The zero-order chi connectivity index (χ0) is 13.1. The molecule has 0 spiro atoms. The van der Waals surface area contributed by atoms with E-state index < -0.39 is 17.7 Å². The lowest BCUT2D eigenvalue weighted by Crippen LogP contribution is -2.41. The summed E-state index contributed by atoms with van der Waals surface area (Å²) in [5, 5.41) is 4.14. The van der Waals surface area contributed by atoms with Crippen LogP contribution in [0.5, 0.6) is 0 Å². The Hall–Kier alpha value is -1.43. The Morgan fingerprint density at radius 2 is 2.12 bits per heavy atom. The second kappa shape index (κ2) is 5.27. The Balaban J connectivity index is 2.52. The molecule has 1 atom stereocenters. The molecule has 0 aromatic carbocycles. The van der Waals surface area contributed by atoms with Crippen molar-refractivity contribution in [2.45, 2.75) is 39.3 Å². The third-order valence-corrected chi connectivity index (χ3v) is 2.43. The first-order valence-corrected chi connectivity index (χ1v) is 6.06. The van der Waals surface area contributed by atoms with Gasteiger partial charge in [0.15, 0.2) is 5.78 Å². The first-order valence-electron chi connectivity index (χ1n) is 5.23. The average Bonchev–Trinajstić information content (AvgIpc) is 2.65. The molecule has 0 bridgehead atoms. The van der Waals surface area contributed by atoms with E-state index in [-0.39, 0.29) is 5.78 Å². The maximum Gasteiger partial charge on any atom is 0.408 e. The molecule has 0 aliphatic carbocycles. The highest BCUT2D eigenvalue weighted by Gasteiger charge is 2.22. The maximum absolute atomic E-state index is 11.8. The van der Waals surface area contributed by atoms with Gasteiger partial charge in [-0.15, -0.1) is 0 Å². The summed E-state index contributed by atoms with van der Waals surface area (Å²) in [7, 11) is 0. The summed E-state index contributed by atoms with van der Waals surface area (Å²) in [6, 6.07) is -0.624. The Kier molecular flexibility index (Phi) is 4.22. The number of nitrogens with zero attached hydrogens (tertiary/aromatic N) is 1. The van der Waals surface area contributed by atoms with Gasteiger partial charge in [0.2, 0.25) is 0 Å². The molecule has 1 unspecified atom stereocenters. The van der Waals surface area contributed by atoms with E-state index in [1.165, 1.54) is 17.7 Å². The number of ketones is 1. The van der Waals surface area contributed by atoms with Crippen molar-refractivity contribution < 1.29 is 14.3 Å². The number of carbonyl (C=O) groups excluding carboxylic acids is 2. The number of hydrogen-bond acceptors (Lipinski definition) is 5. The number of carbonyl (C=O) groups is 2. The third-order valence-electron chi connectivity index (χ3n) is 1.84. The van der Waals surface area contributed by atoms with Crippen LogP contribution in [0.15, 0.2) is 11.6 Å². The van der Waals surface area contributed by atoms with Crippen LogP contribution in [0.4, 0.5) is 4.79 Å². The van der Waals surface area contributed by atoms with Gasteiger partial charge < -0.3 is 10.1 Å². The minimum absolute atomic E-state index is 0.176. The molecule has 1 aromatic rings. The highest BCUT2D eigenvalue weighted by molar-refractivity contribution is 7.03. The lowest BCUT2D eigenvalue weighted by atomic mass is 10.1. The summed E-state index contributed by atoms with van der Waals surface area (Å²) in [5.74, 6) is -0.176. The van der Waals surface area contributed by atoms with Gasteiger partial charge in [-0.05, 0) is 39.2 Å². The highest BCUT2D eigenvalue weighted by atomic mass is 32.1. The number of rotatable bonds is 3. The fourth-order valence-electron chi connectivity index (χ4n) is 1.13. The van der Waals surface area contributed by atoms with Gasteiger partial charge in [-0.3, -0.25) is 4.79 Å². The zero-order valence-corrected chi connectivity index (χ0v) is 11.1. The van der Waals surface area contributed by atoms with Gasteiger partial charge >= 0.3 is 6.09 Å². The summed E-state index contributed by atoms with van der Waals surface area (Å²) in [6.07, 6.45) is 0.891. The molecule has 0 aliphatic rings. The molecule has 0 fully saturated rings. The molecule has 0 radical (unpaired) electrons. The van der Waals surface area contributed by atoms with Gasteiger partial charge in [-0.2, -0.15) is 0 Å². The highest BCUT2D eigenvalue weighted by Crippen LogP contribution is 2.09. The predicted octanol–water partition coefficient (Wildman–Crippen LogP) is 2.24. The van der Waals surface area contributed by atoms with Crippen LogP contribution in [0.2, 0.25) is 0 Å². The van der Waals surface area contributed by atoms with Gasteiger partial charge in [-0.1, -0.05) is 0 Å². The molecule has 1 heterocycles. The van der Waals surface area contributed by atoms with E-state index in [0.717, 1.165) is 0 Å². The van der Waals surface area contributed by atoms with Crippen LogP contribution in [-0.2, 0) is 4.74 Å². The van der Waals surface area contributed by atoms with Crippen molar-refractivity contribution in [1.29, 1.82) is 0 Å². The van der Waals surface area contributed by atoms with E-state index >= 15 is 0 Å². The quantitative estimate of drug-likeness (QED) is 0.842. The monoisotopic (exact) mass is 256 g/mol. The van der Waals surface area contributed by atoms with Crippen LogP contribution in [0.25, 0.3) is 0 Å². The van der Waals surface area contributed by atoms with Crippen LogP contribution in [0.1, 0.15) is 38.1 Å². The van der Waals surface area contributed by atoms with Gasteiger partial charge in [-0.25, -0.2) is 9.17 Å². The summed E-state index contributed by atoms with van der Waals surface area (Å²) in [5.41, 5.74) is -0.0740. The van der Waals surface area contributed by atoms with Gasteiger partial charge in [0.05, 0.1) is 17.8 Å². The fourth-order valence-corrected chi connectivity index (χ4v) is 1.65. The molecular weight excluding hydrogens is 240 g/mol. The van der Waals surface area contributed by atoms with E-state index in [4.69, 9.17) is 4.74 Å². The van der Waals surface area contributed by atoms with Gasteiger partial charge in [0, 0.05) is 5.38 Å². The molecular formula is C11H16N2O3S. The van der Waals surface area contributed by atoms with E-state index in [9.17, 15) is 9.59 Å². The fraction of sp³-hybridized carbons (Fsp3) is 0.545. The van der Waals surface area contributed by atoms with Crippen molar-refractivity contribution in [1.82, 2.24) is 9.69 Å². The molecule has 0 saturated heterocycles. The summed E-state index contributed by atoms with van der Waals surface area (Å²) in [6.45, 7) is 6.91. The summed E-state index contributed by atoms with van der Waals surface area (Å²) in [4.78, 5) is 23.2. The summed E-state index contributed by atoms with van der Waals surface area (Å²) < 4.78 is 8.90. The minimum atomic E-state index is -0.624. The van der Waals surface area contributed by atoms with E-state index in [1.807, 2.05) is 0 Å². The van der Waals surface area contributed by atoms with Crippen molar-refractivity contribution in [3.8, 4) is 0 Å². The normalized spacial score (nSPS) is 12.9. The average molecular weight is 256 g/mol. The minimum Gasteiger partial charge on any atom is -0.444 e. The van der Waals surface area contributed by atoms with E-state index in [2.05, 4.69) is 9.69 Å². The molecule has 17 heavy (non-hydrogen) atoms. The number of amides is 1. The first kappa shape index (κ1) is 13.6. The van der Waals surface area contributed by atoms with Crippen LogP contribution in [0.3, 0.4) is 0 Å². The lowest BCUT2D eigenvalue weighted by molar-refractivity contribution is 0.0497. The Labute approximate surface area is 104 Å². The molecule has 94 valence electrons. The Bertz CT molecular complexity index is 395. The molecule has 6 heteroatoms. The summed E-state index contributed by atoms with van der Waals surface area (Å²) >= 11 is 1.20. The number of alkyl carbamates (subject to hydrolysis) is 1. The molecule has 1 aromatic heterocycles. The lowest BCUT2D eigenvalue weighted by Gasteiger charge is -2.21. The molecule has 1 rings (SSSR count). The second-order valence-corrected chi connectivity index (χ2v) is 5.30. The van der Waals surface area contributed by atoms with Crippen LogP contribution >= 0.6 is 11.5 Å². The molecule has 1 amide bonds. The van der Waals surface area contributed by atoms with Crippen molar-refractivity contribution in [3.05, 3.63) is 17.1 Å². The van der Waals surface area contributed by atoms with E-state index in [0.29, 0.717) is 5.56 Å². The van der Waals surface area contributed by atoms with Crippen LogP contribution in [0, 0.1) is 0 Å². The van der Waals surface area contributed by atoms with Crippen molar-refractivity contribution in [2.24, 2.45) is 0 Å². The zero-order valence-electron chi connectivity index (χ0n) is 10.3. The molecule has 5 nitrogen and oxygen atoms in total. The number of hydrogen-bond donors (Lipinski definition) is 1. The standard InChI is InChI=1S/C11H16N2O3S/c1-7(9(14)8-5-12-17-6-8)13-10(15)16-11(2,3)4/h5-7H,1-4H3,(H,13,15). The van der Waals surface area contributed by atoms with Crippen molar-refractivity contribution in [3.63, 3.8) is 0 Å². The SMILES string of the molecule is CC(NC(=O)OC(C)(C)C)C(=O)c1cnsc1. The van der Waals surface area contributed by atoms with Gasteiger partial charge in [0.1, 0.15) is 5.60 Å². The predicted molar refractivity (Wildman–Crippen MR) is 65.3 cm³/mol. The first-order chi connectivity index (χ1) is 7.79. The largest absolute Gasteiger partial charge is 0.444 e. The van der Waals surface area contributed by atoms with Crippen LogP contribution < -0.4 is 5.32 Å². The Morgan fingerprint density at radius 1 is 1.47 bits per heavy atom. The third kappa shape index (κ3) is 4.52. The number of ether oxygens (including phenoxy) is 1. The van der Waals surface area contributed by atoms with Crippen molar-refractivity contribution in [2.75, 3.05) is 0 Å². The number of Topliss-reactive ketones (excluding diaryl/α,β-unsaturated/α-hetero) is 1. The smallest absolute Gasteiger partial charge is 0.408 e. The molecule has 0 saturated carbocycles. The number of nitrogens with one attached hydrogen (secondary N) is 1. The second-order valence-electron chi connectivity index (χ2n) is 4.65. The van der Waals surface area contributed by atoms with Crippen LogP contribution in [-0.4, -0.2) is 27.9 Å². The molecule has 0 aliphatic heterocycles.